The van der Waals surface area contributed by atoms with Gasteiger partial charge in [-0.1, -0.05) is 51.0 Å². The van der Waals surface area contributed by atoms with Crippen LogP contribution in [-0.4, -0.2) is 87.5 Å². The Morgan fingerprint density at radius 1 is 0.868 bits per heavy atom. The SMILES string of the molecule is CC[C@H](C)C1NC(=O)c2ccc(cc2)CN(C(=O)c2nnc3n2CCCCC3)CCCCNC(=O)[C@@H](C)NC(=O)[C@H](Cc2ccc(OC)cc2)NC1=O. The molecule has 0 radical (unpaired) electrons. The Morgan fingerprint density at radius 3 is 2.32 bits per heavy atom. The minimum absolute atomic E-state index is 0.144. The summed E-state index contributed by atoms with van der Waals surface area (Å²) < 4.78 is 7.20. The summed E-state index contributed by atoms with van der Waals surface area (Å²) in [6, 6.07) is 11.3. The fourth-order valence-electron chi connectivity index (χ4n) is 6.59. The lowest BCUT2D eigenvalue weighted by atomic mass is 9.96. The zero-order chi connectivity index (χ0) is 37.9. The number of benzene rings is 2. The number of aromatic nitrogens is 3. The molecule has 4 atom stereocenters. The van der Waals surface area contributed by atoms with E-state index in [9.17, 15) is 24.0 Å². The number of hydrogen-bond acceptors (Lipinski definition) is 8. The van der Waals surface area contributed by atoms with Crippen LogP contribution in [-0.2, 0) is 40.3 Å². The van der Waals surface area contributed by atoms with E-state index < -0.39 is 35.8 Å². The standard InChI is InChI=1S/C39H52N8O6/c1-5-25(2)33-38(51)42-31(23-27-14-18-30(53-4)19-15-27)37(50)41-26(3)35(48)40-20-8-10-21-46(24-28-12-16-29(17-13-28)36(49)43-33)39(52)34-45-44-32-11-7-6-9-22-47(32)34/h12-19,25-26,31,33H,5-11,20-24H2,1-4H3,(H,40,48)(H,41,50)(H,42,51)(H,43,49)/t25-,26+,31-,33?/m0/s1. The maximum Gasteiger partial charge on any atom is 0.292 e. The van der Waals surface area contributed by atoms with Crippen LogP contribution in [0.5, 0.6) is 5.75 Å². The van der Waals surface area contributed by atoms with Gasteiger partial charge in [0.15, 0.2) is 0 Å². The van der Waals surface area contributed by atoms with Crippen LogP contribution in [0.25, 0.3) is 0 Å². The quantitative estimate of drug-likeness (QED) is 0.280. The Bertz CT molecular complexity index is 1740. The number of carbonyl (C=O) groups excluding carboxylic acids is 5. The van der Waals surface area contributed by atoms with Gasteiger partial charge < -0.3 is 35.5 Å². The average molecular weight is 729 g/mol. The second-order valence-corrected chi connectivity index (χ2v) is 14.0. The van der Waals surface area contributed by atoms with Crippen molar-refractivity contribution in [1.82, 2.24) is 40.9 Å². The number of nitrogens with zero attached hydrogens (tertiary/aromatic N) is 4. The fraction of sp³-hybridized carbons (Fsp3) is 0.513. The molecule has 284 valence electrons. The lowest BCUT2D eigenvalue weighted by molar-refractivity contribution is -0.132. The van der Waals surface area contributed by atoms with Gasteiger partial charge in [0, 0.05) is 44.6 Å². The van der Waals surface area contributed by atoms with E-state index in [0.29, 0.717) is 56.0 Å². The Hall–Kier alpha value is -5.27. The molecule has 14 heteroatoms. The van der Waals surface area contributed by atoms with Crippen LogP contribution in [0.15, 0.2) is 48.5 Å². The van der Waals surface area contributed by atoms with Crippen molar-refractivity contribution < 1.29 is 28.7 Å². The monoisotopic (exact) mass is 728 g/mol. The molecule has 0 spiro atoms. The zero-order valence-corrected chi connectivity index (χ0v) is 31.2. The molecule has 5 amide bonds. The third-order valence-corrected chi connectivity index (χ3v) is 10.1. The van der Waals surface area contributed by atoms with Crippen molar-refractivity contribution >= 4 is 29.5 Å². The maximum atomic E-state index is 14.0. The van der Waals surface area contributed by atoms with E-state index in [-0.39, 0.29) is 30.7 Å². The van der Waals surface area contributed by atoms with E-state index in [2.05, 4.69) is 31.5 Å². The molecule has 1 aromatic heterocycles. The van der Waals surface area contributed by atoms with Crippen molar-refractivity contribution in [3.05, 3.63) is 76.9 Å². The number of methoxy groups -OCH3 is 1. The van der Waals surface area contributed by atoms with Gasteiger partial charge in [0.2, 0.25) is 23.5 Å². The Balaban J connectivity index is 1.40. The Morgan fingerprint density at radius 2 is 1.60 bits per heavy atom. The molecule has 53 heavy (non-hydrogen) atoms. The fourth-order valence-corrected chi connectivity index (χ4v) is 6.59. The minimum Gasteiger partial charge on any atom is -0.497 e. The third kappa shape index (κ3) is 10.2. The molecular formula is C39H52N8O6. The number of carbonyl (C=O) groups is 5. The van der Waals surface area contributed by atoms with E-state index in [4.69, 9.17) is 4.74 Å². The van der Waals surface area contributed by atoms with Crippen LogP contribution in [0.4, 0.5) is 0 Å². The molecular weight excluding hydrogens is 676 g/mol. The van der Waals surface area contributed by atoms with E-state index in [1.165, 1.54) is 0 Å². The summed E-state index contributed by atoms with van der Waals surface area (Å²) in [5.74, 6) is -0.554. The molecule has 3 aliphatic rings. The highest BCUT2D eigenvalue weighted by Crippen LogP contribution is 2.19. The van der Waals surface area contributed by atoms with Crippen LogP contribution in [0.1, 0.15) is 97.2 Å². The van der Waals surface area contributed by atoms with Gasteiger partial charge in [0.1, 0.15) is 29.7 Å². The van der Waals surface area contributed by atoms with Crippen LogP contribution >= 0.6 is 0 Å². The van der Waals surface area contributed by atoms with Crippen molar-refractivity contribution in [3.8, 4) is 5.75 Å². The molecule has 0 saturated carbocycles. The molecule has 2 bridgehead atoms. The molecule has 2 aromatic carbocycles. The summed E-state index contributed by atoms with van der Waals surface area (Å²) in [4.78, 5) is 69.9. The van der Waals surface area contributed by atoms with Crippen molar-refractivity contribution in [2.24, 2.45) is 5.92 Å². The van der Waals surface area contributed by atoms with E-state index in [1.54, 1.807) is 67.5 Å². The summed E-state index contributed by atoms with van der Waals surface area (Å²) in [5, 5.41) is 20.0. The molecule has 14 nitrogen and oxygen atoms in total. The van der Waals surface area contributed by atoms with Gasteiger partial charge in [-0.3, -0.25) is 24.0 Å². The van der Waals surface area contributed by atoms with Gasteiger partial charge in [0.05, 0.1) is 7.11 Å². The molecule has 4 N–H and O–H groups in total. The van der Waals surface area contributed by atoms with Gasteiger partial charge in [-0.2, -0.15) is 0 Å². The second kappa shape index (κ2) is 18.5. The van der Waals surface area contributed by atoms with Crippen LogP contribution in [0, 0.1) is 5.92 Å². The number of fused-ring (bicyclic) bond motifs is 19. The molecule has 0 fully saturated rings. The summed E-state index contributed by atoms with van der Waals surface area (Å²) in [6.45, 7) is 7.09. The summed E-state index contributed by atoms with van der Waals surface area (Å²) in [5.41, 5.74) is 1.94. The van der Waals surface area contributed by atoms with Crippen LogP contribution in [0.3, 0.4) is 0 Å². The summed E-state index contributed by atoms with van der Waals surface area (Å²) in [6.07, 6.45) is 5.73. The smallest absolute Gasteiger partial charge is 0.292 e. The largest absolute Gasteiger partial charge is 0.497 e. The second-order valence-electron chi connectivity index (χ2n) is 14.0. The minimum atomic E-state index is -1.04. The first-order chi connectivity index (χ1) is 25.6. The Kier molecular flexibility index (Phi) is 13.6. The predicted octanol–water partition coefficient (Wildman–Crippen LogP) is 2.94. The lowest BCUT2D eigenvalue weighted by Crippen LogP contribution is -2.58. The number of ether oxygens (including phenoxy) is 1. The van der Waals surface area contributed by atoms with Crippen LogP contribution < -0.4 is 26.0 Å². The molecule has 6 rings (SSSR count). The van der Waals surface area contributed by atoms with Gasteiger partial charge in [-0.25, -0.2) is 0 Å². The molecule has 1 unspecified atom stereocenters. The number of rotatable bonds is 6. The number of nitrogens with one attached hydrogen (secondary N) is 4. The first-order valence-corrected chi connectivity index (χ1v) is 18.7. The highest BCUT2D eigenvalue weighted by molar-refractivity contribution is 5.99. The number of aryl methyl sites for hydroxylation is 1. The van der Waals surface area contributed by atoms with Gasteiger partial charge in [-0.05, 0) is 73.9 Å². The number of hydrogen-bond donors (Lipinski definition) is 4. The van der Waals surface area contributed by atoms with E-state index in [0.717, 1.165) is 42.6 Å². The predicted molar refractivity (Wildman–Crippen MR) is 198 cm³/mol. The molecule has 3 aromatic rings. The topological polar surface area (TPSA) is 177 Å². The summed E-state index contributed by atoms with van der Waals surface area (Å²) >= 11 is 0. The first kappa shape index (κ1) is 38.9. The highest BCUT2D eigenvalue weighted by Gasteiger charge is 2.32. The van der Waals surface area contributed by atoms with Crippen LogP contribution in [0.2, 0.25) is 0 Å². The molecule has 0 saturated heterocycles. The van der Waals surface area contributed by atoms with Gasteiger partial charge in [0.25, 0.3) is 11.8 Å². The Labute approximate surface area is 310 Å². The van der Waals surface area contributed by atoms with Crippen molar-refractivity contribution in [3.63, 3.8) is 0 Å². The van der Waals surface area contributed by atoms with Gasteiger partial charge in [-0.15, -0.1) is 10.2 Å². The molecule has 3 aliphatic heterocycles. The normalized spacial score (nSPS) is 21.5. The highest BCUT2D eigenvalue weighted by atomic mass is 16.5. The van der Waals surface area contributed by atoms with E-state index >= 15 is 0 Å². The zero-order valence-electron chi connectivity index (χ0n) is 31.2. The third-order valence-electron chi connectivity index (χ3n) is 10.1. The van der Waals surface area contributed by atoms with Crippen molar-refractivity contribution in [2.45, 2.75) is 103 Å². The lowest BCUT2D eigenvalue weighted by Gasteiger charge is -2.27. The number of amides is 5. The summed E-state index contributed by atoms with van der Waals surface area (Å²) in [7, 11) is 1.56. The molecule has 4 heterocycles. The average Bonchev–Trinajstić information content (AvgIpc) is 3.42. The molecule has 0 aliphatic carbocycles. The van der Waals surface area contributed by atoms with E-state index in [1.807, 2.05) is 18.4 Å². The van der Waals surface area contributed by atoms with Crippen molar-refractivity contribution in [2.75, 3.05) is 20.2 Å². The van der Waals surface area contributed by atoms with Crippen molar-refractivity contribution in [1.29, 1.82) is 0 Å². The van der Waals surface area contributed by atoms with Gasteiger partial charge >= 0.3 is 0 Å². The maximum absolute atomic E-state index is 14.0. The first-order valence-electron chi connectivity index (χ1n) is 18.7.